The summed E-state index contributed by atoms with van der Waals surface area (Å²) >= 11 is 0. The molecule has 0 saturated heterocycles. The fraction of sp³-hybridized carbons (Fsp3) is 0. The van der Waals surface area contributed by atoms with Gasteiger partial charge in [0.1, 0.15) is 11.5 Å². The smallest absolute Gasteiger partial charge is 0.256 e. The van der Waals surface area contributed by atoms with Crippen LogP contribution >= 0.6 is 0 Å². The first-order valence-electron chi connectivity index (χ1n) is 29.3. The number of nitrogens with zero attached hydrogens (tertiary/aromatic N) is 4. The second kappa shape index (κ2) is 19.9. The van der Waals surface area contributed by atoms with E-state index < -0.39 is 0 Å². The molecule has 4 aliphatic heterocycles. The molecule has 4 heterocycles. The second-order valence-corrected chi connectivity index (χ2v) is 22.3. The Morgan fingerprint density at radius 2 is 0.682 bits per heavy atom. The van der Waals surface area contributed by atoms with Crippen LogP contribution in [-0.4, -0.2) is 13.4 Å². The zero-order valence-electron chi connectivity index (χ0n) is 46.4. The van der Waals surface area contributed by atoms with E-state index in [9.17, 15) is 0 Å². The molecule has 0 atom stereocenters. The van der Waals surface area contributed by atoms with Crippen molar-refractivity contribution in [1.29, 1.82) is 0 Å². The molecule has 0 aliphatic carbocycles. The van der Waals surface area contributed by atoms with Crippen molar-refractivity contribution in [2.75, 3.05) is 19.6 Å². The molecule has 0 unspecified atom stereocenters. The Bertz CT molecular complexity index is 4680. The number of hydrogen-bond acceptors (Lipinski definition) is 5. The molecule has 0 amide bonds. The van der Waals surface area contributed by atoms with E-state index >= 15 is 0 Å². The predicted molar refractivity (Wildman–Crippen MR) is 357 cm³/mol. The van der Waals surface area contributed by atoms with Crippen molar-refractivity contribution < 1.29 is 4.74 Å². The molecule has 0 spiro atoms. The number of anilines is 12. The van der Waals surface area contributed by atoms with Crippen LogP contribution in [0.25, 0.3) is 33.4 Å². The fourth-order valence-electron chi connectivity index (χ4n) is 14.1. The summed E-state index contributed by atoms with van der Waals surface area (Å²) in [5.74, 6) is 1.70. The van der Waals surface area contributed by atoms with Gasteiger partial charge in [-0.25, -0.2) is 0 Å². The average Bonchev–Trinajstić information content (AvgIpc) is 1.02. The maximum absolute atomic E-state index is 7.26. The summed E-state index contributed by atoms with van der Waals surface area (Å²) in [5.41, 5.74) is 27.3. The highest BCUT2D eigenvalue weighted by Crippen LogP contribution is 2.52. The van der Waals surface area contributed by atoms with E-state index in [0.29, 0.717) is 0 Å². The second-order valence-electron chi connectivity index (χ2n) is 22.3. The lowest BCUT2D eigenvalue weighted by atomic mass is 9.30. The molecule has 0 radical (unpaired) electrons. The van der Waals surface area contributed by atoms with E-state index in [0.717, 1.165) is 113 Å². The summed E-state index contributed by atoms with van der Waals surface area (Å²) in [7, 11) is 0. The van der Waals surface area contributed by atoms with Crippen LogP contribution in [-0.2, 0) is 0 Å². The quantitative estimate of drug-likeness (QED) is 0.134. The highest BCUT2D eigenvalue weighted by atomic mass is 16.5. The largest absolute Gasteiger partial charge is 0.458 e. The van der Waals surface area contributed by atoms with Gasteiger partial charge in [0.05, 0.1) is 17.1 Å². The van der Waals surface area contributed by atoms with Crippen molar-refractivity contribution in [3.8, 4) is 44.9 Å². The Balaban J connectivity index is 0.996. The minimum atomic E-state index is -0.175. The summed E-state index contributed by atoms with van der Waals surface area (Å²) in [6.07, 6.45) is 0. The molecular weight excluding hydrogens is 1030 g/mol. The number of para-hydroxylation sites is 7. The van der Waals surface area contributed by atoms with E-state index in [1.165, 1.54) is 33.0 Å². The van der Waals surface area contributed by atoms with Crippen LogP contribution in [0.3, 0.4) is 0 Å². The van der Waals surface area contributed by atoms with Gasteiger partial charge in [-0.2, -0.15) is 0 Å². The van der Waals surface area contributed by atoms with Crippen LogP contribution in [0.5, 0.6) is 11.5 Å². The fourth-order valence-corrected chi connectivity index (χ4v) is 14.1. The van der Waals surface area contributed by atoms with Gasteiger partial charge in [0.2, 0.25) is 0 Å². The lowest BCUT2D eigenvalue weighted by Crippen LogP contribution is -2.64. The van der Waals surface area contributed by atoms with Crippen molar-refractivity contribution in [1.82, 2.24) is 0 Å². The summed E-state index contributed by atoms with van der Waals surface area (Å²) in [4.78, 5) is 10.0. The molecule has 13 aromatic carbocycles. The van der Waals surface area contributed by atoms with Crippen LogP contribution in [0, 0.1) is 0 Å². The molecule has 85 heavy (non-hydrogen) atoms. The van der Waals surface area contributed by atoms with Gasteiger partial charge < -0.3 is 24.3 Å². The number of hydrogen-bond donors (Lipinski definition) is 0. The Kier molecular flexibility index (Phi) is 11.4. The molecule has 0 bridgehead atoms. The minimum Gasteiger partial charge on any atom is -0.458 e. The van der Waals surface area contributed by atoms with Gasteiger partial charge in [0.25, 0.3) is 13.4 Å². The third-order valence-electron chi connectivity index (χ3n) is 17.6. The van der Waals surface area contributed by atoms with E-state index in [1.807, 2.05) is 0 Å². The third-order valence-corrected chi connectivity index (χ3v) is 17.6. The molecule has 0 fully saturated rings. The van der Waals surface area contributed by atoms with Crippen molar-refractivity contribution in [3.05, 3.63) is 315 Å². The number of benzene rings is 13. The molecule has 4 aliphatic rings. The predicted octanol–water partition coefficient (Wildman–Crippen LogP) is 16.6. The zero-order chi connectivity index (χ0) is 56.0. The number of ether oxygens (including phenoxy) is 1. The van der Waals surface area contributed by atoms with Gasteiger partial charge in [-0.3, -0.25) is 0 Å². The van der Waals surface area contributed by atoms with Gasteiger partial charge in [-0.15, -0.1) is 0 Å². The highest BCUT2D eigenvalue weighted by Gasteiger charge is 2.48. The molecule has 0 N–H and O–H groups in total. The molecular formula is C78H52B2N4O. The van der Waals surface area contributed by atoms with Gasteiger partial charge in [-0.1, -0.05) is 224 Å². The Morgan fingerprint density at radius 3 is 1.27 bits per heavy atom. The Hall–Kier alpha value is -11.0. The normalized spacial score (nSPS) is 12.9. The van der Waals surface area contributed by atoms with E-state index in [4.69, 9.17) is 4.74 Å². The van der Waals surface area contributed by atoms with Gasteiger partial charge in [0, 0.05) is 68.4 Å². The lowest BCUT2D eigenvalue weighted by molar-refractivity contribution is 0.487. The summed E-state index contributed by atoms with van der Waals surface area (Å²) in [6, 6.07) is 116. The van der Waals surface area contributed by atoms with Crippen molar-refractivity contribution in [2.45, 2.75) is 0 Å². The maximum atomic E-state index is 7.26. The summed E-state index contributed by atoms with van der Waals surface area (Å²) in [6.45, 7) is -0.342. The Morgan fingerprint density at radius 1 is 0.247 bits per heavy atom. The SMILES string of the molecule is c1ccc(-c2cc3c4c(c2)N(c2ccccc2-c2ccccc2)c2cc5c(cc2B4c2ccccc2N3c2ccccc2-c2ccccc2)B2c3ccccc3Oc3cc(N(c4ccccc4)c4ccccc4)cc(c32)N5c2ccccc2)cc1. The highest BCUT2D eigenvalue weighted by molar-refractivity contribution is 7.02. The maximum Gasteiger partial charge on any atom is 0.256 e. The lowest BCUT2D eigenvalue weighted by Gasteiger charge is -2.47. The van der Waals surface area contributed by atoms with Crippen LogP contribution in [0.15, 0.2) is 315 Å². The Labute approximate surface area is 496 Å². The van der Waals surface area contributed by atoms with Crippen LogP contribution in [0.2, 0.25) is 0 Å². The molecule has 13 aromatic rings. The van der Waals surface area contributed by atoms with E-state index in [1.54, 1.807) is 0 Å². The first-order valence-corrected chi connectivity index (χ1v) is 29.3. The van der Waals surface area contributed by atoms with Gasteiger partial charge in [0.15, 0.2) is 0 Å². The first kappa shape index (κ1) is 48.7. The molecule has 0 aromatic heterocycles. The topological polar surface area (TPSA) is 22.2 Å². The van der Waals surface area contributed by atoms with Gasteiger partial charge in [-0.05, 0) is 140 Å². The molecule has 7 heteroatoms. The first-order chi connectivity index (χ1) is 42.2. The van der Waals surface area contributed by atoms with Crippen molar-refractivity contribution >= 4 is 114 Å². The van der Waals surface area contributed by atoms with Crippen LogP contribution in [0.4, 0.5) is 68.2 Å². The van der Waals surface area contributed by atoms with Crippen molar-refractivity contribution in [3.63, 3.8) is 0 Å². The monoisotopic (exact) mass is 1080 g/mol. The van der Waals surface area contributed by atoms with Gasteiger partial charge >= 0.3 is 0 Å². The summed E-state index contributed by atoms with van der Waals surface area (Å²) in [5, 5.41) is 0. The zero-order valence-corrected chi connectivity index (χ0v) is 46.4. The molecule has 0 saturated carbocycles. The van der Waals surface area contributed by atoms with Crippen molar-refractivity contribution in [2.24, 2.45) is 0 Å². The minimum absolute atomic E-state index is 0.166. The van der Waals surface area contributed by atoms with Crippen LogP contribution in [0.1, 0.15) is 0 Å². The number of fused-ring (bicyclic) bond motifs is 8. The third kappa shape index (κ3) is 7.81. The molecule has 17 rings (SSSR count). The molecule has 5 nitrogen and oxygen atoms in total. The average molecular weight is 1080 g/mol. The molecule has 396 valence electrons. The number of rotatable bonds is 9. The van der Waals surface area contributed by atoms with Crippen LogP contribution < -0.4 is 57.1 Å². The van der Waals surface area contributed by atoms with E-state index in [2.05, 4.69) is 335 Å². The summed E-state index contributed by atoms with van der Waals surface area (Å²) < 4.78 is 7.26. The van der Waals surface area contributed by atoms with E-state index in [-0.39, 0.29) is 13.4 Å². The standard InChI is InChI=1S/C78H52B2N4O/c1-7-27-53(28-8-1)56-47-72-77-73(48-56)84(68-44-24-20-40-62(68)55-31-11-3-12-32-55)71-52-70-65(51-66(71)79(77)63-41-21-25-45-69(63)83(72)67-43-23-19-39-61(67)54-29-9-2-10-30-54)80-64-42-22-26-46-75(64)85-76-50-60(49-74(78(76)80)82(70)59-37-17-6-18-38-59)81(57-33-13-4-14-34-57)58-35-15-5-16-36-58/h1-52H.